The van der Waals surface area contributed by atoms with Crippen molar-refractivity contribution in [3.63, 3.8) is 0 Å². The van der Waals surface area contributed by atoms with Crippen LogP contribution in [-0.4, -0.2) is 39.5 Å². The van der Waals surface area contributed by atoms with Gasteiger partial charge in [-0.05, 0) is 70.8 Å². The topological polar surface area (TPSA) is 89.9 Å². The van der Waals surface area contributed by atoms with Crippen molar-refractivity contribution in [2.24, 2.45) is 0 Å². The van der Waals surface area contributed by atoms with Crippen LogP contribution in [0.15, 0.2) is 36.4 Å². The van der Waals surface area contributed by atoms with E-state index in [1.165, 1.54) is 23.2 Å². The summed E-state index contributed by atoms with van der Waals surface area (Å²) in [6, 6.07) is 10.1. The van der Waals surface area contributed by atoms with Crippen LogP contribution in [-0.2, 0) is 0 Å². The van der Waals surface area contributed by atoms with Gasteiger partial charge in [0.2, 0.25) is 0 Å². The number of nitrogens with one attached hydrogen (secondary N) is 1. The van der Waals surface area contributed by atoms with Crippen molar-refractivity contribution in [1.82, 2.24) is 10.4 Å². The molecule has 28 heavy (non-hydrogen) atoms. The van der Waals surface area contributed by atoms with Gasteiger partial charge in [0.05, 0.1) is 5.54 Å². The van der Waals surface area contributed by atoms with E-state index >= 15 is 0 Å². The molecule has 0 unspecified atom stereocenters. The minimum Gasteiger partial charge on any atom is -0.423 e. The van der Waals surface area contributed by atoms with E-state index in [1.807, 2.05) is 40.7 Å². The van der Waals surface area contributed by atoms with Crippen LogP contribution in [0.5, 0.6) is 0 Å². The summed E-state index contributed by atoms with van der Waals surface area (Å²) < 4.78 is 0. The Morgan fingerprint density at radius 1 is 0.964 bits per heavy atom. The average Bonchev–Trinajstić information content (AvgIpc) is 2.56. The molecule has 6 nitrogen and oxygen atoms in total. The molecule has 0 bridgehead atoms. The normalized spacial score (nSPS) is 11.1. The number of carbonyl (C=O) groups is 2. The second-order valence-corrected chi connectivity index (χ2v) is 8.08. The highest BCUT2D eigenvalue weighted by atomic mass is 16.4. The van der Waals surface area contributed by atoms with E-state index in [4.69, 9.17) is 0 Å². The summed E-state index contributed by atoms with van der Waals surface area (Å²) in [6.07, 6.45) is 0. The van der Waals surface area contributed by atoms with E-state index < -0.39 is 18.6 Å². The summed E-state index contributed by atoms with van der Waals surface area (Å²) >= 11 is 0. The third kappa shape index (κ3) is 5.00. The van der Waals surface area contributed by atoms with E-state index in [0.717, 1.165) is 11.1 Å². The molecule has 0 aliphatic heterocycles. The molecule has 148 valence electrons. The molecule has 0 atom stereocenters. The number of nitrogens with zero attached hydrogens (tertiary/aromatic N) is 1. The van der Waals surface area contributed by atoms with Gasteiger partial charge in [-0.2, -0.15) is 0 Å². The third-order valence-electron chi connectivity index (χ3n) is 4.35. The maximum absolute atomic E-state index is 13.1. The zero-order valence-electron chi connectivity index (χ0n) is 17.2. The van der Waals surface area contributed by atoms with Gasteiger partial charge in [-0.15, -0.1) is 0 Å². The first kappa shape index (κ1) is 21.7. The SMILES string of the molecule is Cc1cc(C)cc(C(=O)N(NC(=O)c2ccc(B(O)O)cc2C)C(C)(C)C)c1. The third-order valence-corrected chi connectivity index (χ3v) is 4.35. The summed E-state index contributed by atoms with van der Waals surface area (Å²) in [5.74, 6) is -0.739. The summed E-state index contributed by atoms with van der Waals surface area (Å²) in [5.41, 5.74) is 5.74. The monoisotopic (exact) mass is 382 g/mol. The molecule has 0 fully saturated rings. The minimum absolute atomic E-state index is 0.298. The maximum atomic E-state index is 13.1. The zero-order valence-corrected chi connectivity index (χ0v) is 17.2. The van der Waals surface area contributed by atoms with E-state index in [2.05, 4.69) is 5.43 Å². The maximum Gasteiger partial charge on any atom is 0.488 e. The van der Waals surface area contributed by atoms with Crippen LogP contribution in [0.1, 0.15) is 58.2 Å². The molecule has 0 aliphatic rings. The van der Waals surface area contributed by atoms with Gasteiger partial charge in [-0.25, -0.2) is 5.01 Å². The predicted molar refractivity (Wildman–Crippen MR) is 110 cm³/mol. The number of hydrogen-bond donors (Lipinski definition) is 3. The number of carbonyl (C=O) groups excluding carboxylic acids is 2. The standard InChI is InChI=1S/C21H27BN2O4/c1-13-9-14(2)11-16(10-13)20(26)24(21(4,5)6)23-19(25)18-8-7-17(22(27)28)12-15(18)3/h7-12,27-28H,1-6H3,(H,23,25). The molecule has 0 radical (unpaired) electrons. The number of amides is 2. The summed E-state index contributed by atoms with van der Waals surface area (Å²) in [6.45, 7) is 11.1. The van der Waals surface area contributed by atoms with E-state index in [1.54, 1.807) is 19.1 Å². The molecule has 3 N–H and O–H groups in total. The number of rotatable bonds is 3. The molecule has 2 amide bonds. The number of benzene rings is 2. The van der Waals surface area contributed by atoms with Crippen LogP contribution in [0, 0.1) is 20.8 Å². The van der Waals surface area contributed by atoms with E-state index in [9.17, 15) is 19.6 Å². The van der Waals surface area contributed by atoms with Crippen LogP contribution >= 0.6 is 0 Å². The van der Waals surface area contributed by atoms with Crippen molar-refractivity contribution < 1.29 is 19.6 Å². The summed E-state index contributed by atoms with van der Waals surface area (Å²) in [5, 5.41) is 19.9. The van der Waals surface area contributed by atoms with Crippen molar-refractivity contribution in [2.45, 2.75) is 47.1 Å². The van der Waals surface area contributed by atoms with Gasteiger partial charge >= 0.3 is 7.12 Å². The second kappa shape index (κ2) is 8.16. The van der Waals surface area contributed by atoms with Crippen molar-refractivity contribution in [3.8, 4) is 0 Å². The van der Waals surface area contributed by atoms with Gasteiger partial charge in [0, 0.05) is 11.1 Å². The fourth-order valence-corrected chi connectivity index (χ4v) is 3.01. The Hall–Kier alpha value is -2.64. The van der Waals surface area contributed by atoms with Gasteiger partial charge in [-0.3, -0.25) is 15.0 Å². The van der Waals surface area contributed by atoms with Crippen molar-refractivity contribution in [2.75, 3.05) is 0 Å². The lowest BCUT2D eigenvalue weighted by Gasteiger charge is -2.35. The molecule has 0 saturated carbocycles. The second-order valence-electron chi connectivity index (χ2n) is 8.08. The fourth-order valence-electron chi connectivity index (χ4n) is 3.01. The van der Waals surface area contributed by atoms with E-state index in [0.29, 0.717) is 22.2 Å². The van der Waals surface area contributed by atoms with Crippen LogP contribution in [0.2, 0.25) is 0 Å². The van der Waals surface area contributed by atoms with Crippen LogP contribution in [0.4, 0.5) is 0 Å². The quantitative estimate of drug-likeness (QED) is 0.559. The summed E-state index contributed by atoms with van der Waals surface area (Å²) in [4.78, 5) is 26.0. The molecule has 2 aromatic rings. The average molecular weight is 382 g/mol. The number of aryl methyl sites for hydroxylation is 3. The first-order valence-corrected chi connectivity index (χ1v) is 9.10. The van der Waals surface area contributed by atoms with Crippen LogP contribution in [0.25, 0.3) is 0 Å². The van der Waals surface area contributed by atoms with Crippen LogP contribution in [0.3, 0.4) is 0 Å². The molecule has 2 aromatic carbocycles. The highest BCUT2D eigenvalue weighted by molar-refractivity contribution is 6.58. The molecule has 7 heteroatoms. The molecule has 0 spiro atoms. The Balaban J connectivity index is 2.35. The van der Waals surface area contributed by atoms with Crippen LogP contribution < -0.4 is 10.9 Å². The molecule has 0 aliphatic carbocycles. The molecule has 2 rings (SSSR count). The summed E-state index contributed by atoms with van der Waals surface area (Å²) in [7, 11) is -1.60. The lowest BCUT2D eigenvalue weighted by molar-refractivity contribution is 0.0358. The first-order chi connectivity index (χ1) is 12.9. The molecular weight excluding hydrogens is 355 g/mol. The Labute approximate surface area is 166 Å². The zero-order chi connectivity index (χ0) is 21.2. The highest BCUT2D eigenvalue weighted by Gasteiger charge is 2.30. The molecular formula is C21H27BN2O4. The fraction of sp³-hybridized carbons (Fsp3) is 0.333. The van der Waals surface area contributed by atoms with Crippen molar-refractivity contribution >= 4 is 24.4 Å². The van der Waals surface area contributed by atoms with E-state index in [-0.39, 0.29) is 5.91 Å². The lowest BCUT2D eigenvalue weighted by atomic mass is 9.79. The predicted octanol–water partition coefficient (Wildman–Crippen LogP) is 1.88. The lowest BCUT2D eigenvalue weighted by Crippen LogP contribution is -2.56. The molecule has 0 heterocycles. The van der Waals surface area contributed by atoms with Gasteiger partial charge in [0.1, 0.15) is 0 Å². The Bertz CT molecular complexity index is 884. The Morgan fingerprint density at radius 3 is 2.00 bits per heavy atom. The van der Waals surface area contributed by atoms with Gasteiger partial charge in [-0.1, -0.05) is 29.3 Å². The largest absolute Gasteiger partial charge is 0.488 e. The highest BCUT2D eigenvalue weighted by Crippen LogP contribution is 2.18. The smallest absolute Gasteiger partial charge is 0.423 e. The molecule has 0 saturated heterocycles. The Morgan fingerprint density at radius 2 is 1.54 bits per heavy atom. The van der Waals surface area contributed by atoms with Crippen molar-refractivity contribution in [1.29, 1.82) is 0 Å². The van der Waals surface area contributed by atoms with Gasteiger partial charge in [0.15, 0.2) is 0 Å². The van der Waals surface area contributed by atoms with Crippen molar-refractivity contribution in [3.05, 3.63) is 64.2 Å². The number of hydrogen-bond acceptors (Lipinski definition) is 4. The molecule has 0 aromatic heterocycles. The van der Waals surface area contributed by atoms with Gasteiger partial charge in [0.25, 0.3) is 11.8 Å². The Kier molecular flexibility index (Phi) is 6.32. The first-order valence-electron chi connectivity index (χ1n) is 9.10. The minimum atomic E-state index is -1.60. The number of hydrazine groups is 1. The van der Waals surface area contributed by atoms with Gasteiger partial charge < -0.3 is 10.0 Å².